The molecule has 5 nitrogen and oxygen atoms in total. The van der Waals surface area contributed by atoms with Crippen molar-refractivity contribution < 1.29 is 19.1 Å². The number of pyridine rings is 1. The maximum absolute atomic E-state index is 11.9. The maximum atomic E-state index is 11.9. The minimum Gasteiger partial charge on any atom is -0.481 e. The third kappa shape index (κ3) is 3.55. The Balaban J connectivity index is 2.70. The molecule has 0 aliphatic heterocycles. The third-order valence-corrected chi connectivity index (χ3v) is 2.67. The minimum absolute atomic E-state index is 0.156. The molecule has 0 N–H and O–H groups in total. The highest BCUT2D eigenvalue weighted by molar-refractivity contribution is 5.99. The van der Waals surface area contributed by atoms with Crippen LogP contribution in [0.3, 0.4) is 0 Å². The summed E-state index contributed by atoms with van der Waals surface area (Å²) >= 11 is 0. The van der Waals surface area contributed by atoms with Gasteiger partial charge in [-0.05, 0) is 12.0 Å². The predicted octanol–water partition coefficient (Wildman–Crippen LogP) is 1.40. The molecular formula is C13H17NO4. The fourth-order valence-electron chi connectivity index (χ4n) is 1.63. The highest BCUT2D eigenvalue weighted by Crippen LogP contribution is 2.13. The van der Waals surface area contributed by atoms with Crippen molar-refractivity contribution in [3.05, 3.63) is 23.9 Å². The van der Waals surface area contributed by atoms with Gasteiger partial charge in [0.05, 0.1) is 14.2 Å². The van der Waals surface area contributed by atoms with Gasteiger partial charge in [0.1, 0.15) is 5.92 Å². The molecule has 0 amide bonds. The van der Waals surface area contributed by atoms with Crippen LogP contribution >= 0.6 is 0 Å². The van der Waals surface area contributed by atoms with Crippen molar-refractivity contribution in [2.45, 2.75) is 19.8 Å². The zero-order valence-electron chi connectivity index (χ0n) is 10.8. The molecule has 1 rings (SSSR count). The van der Waals surface area contributed by atoms with Crippen molar-refractivity contribution in [3.63, 3.8) is 0 Å². The van der Waals surface area contributed by atoms with Crippen LogP contribution in [0.4, 0.5) is 0 Å². The van der Waals surface area contributed by atoms with E-state index >= 15 is 0 Å². The topological polar surface area (TPSA) is 65.5 Å². The first-order valence-electron chi connectivity index (χ1n) is 5.71. The lowest BCUT2D eigenvalue weighted by Crippen LogP contribution is -2.26. The standard InChI is InChI=1S/C13H17NO4/c1-4-10(13(16)18-3)11(15)7-9-5-6-12(17-2)14-8-9/h5-6,8,10H,4,7H2,1-3H3. The molecule has 1 atom stereocenters. The third-order valence-electron chi connectivity index (χ3n) is 2.67. The highest BCUT2D eigenvalue weighted by atomic mass is 16.5. The lowest BCUT2D eigenvalue weighted by Gasteiger charge is -2.11. The number of hydrogen-bond acceptors (Lipinski definition) is 5. The zero-order chi connectivity index (χ0) is 13.5. The van der Waals surface area contributed by atoms with Crippen molar-refractivity contribution >= 4 is 11.8 Å². The highest BCUT2D eigenvalue weighted by Gasteiger charge is 2.25. The van der Waals surface area contributed by atoms with Crippen LogP contribution in [0.25, 0.3) is 0 Å². The summed E-state index contributed by atoms with van der Waals surface area (Å²) in [7, 11) is 2.81. The zero-order valence-corrected chi connectivity index (χ0v) is 10.8. The predicted molar refractivity (Wildman–Crippen MR) is 65.3 cm³/mol. The van der Waals surface area contributed by atoms with Crippen LogP contribution in [0.2, 0.25) is 0 Å². The summed E-state index contributed by atoms with van der Waals surface area (Å²) in [5, 5.41) is 0. The first kappa shape index (κ1) is 14.2. The molecule has 5 heteroatoms. The first-order chi connectivity index (χ1) is 8.62. The molecule has 0 saturated carbocycles. The van der Waals surface area contributed by atoms with Gasteiger partial charge in [-0.3, -0.25) is 9.59 Å². The van der Waals surface area contributed by atoms with Gasteiger partial charge in [-0.15, -0.1) is 0 Å². The van der Waals surface area contributed by atoms with Crippen LogP contribution in [-0.2, 0) is 20.7 Å². The van der Waals surface area contributed by atoms with Gasteiger partial charge in [-0.1, -0.05) is 13.0 Å². The SMILES string of the molecule is CCC(C(=O)Cc1ccc(OC)nc1)C(=O)OC. The number of Topliss-reactive ketones (excluding diaryl/α,β-unsaturated/α-hetero) is 1. The largest absolute Gasteiger partial charge is 0.481 e. The van der Waals surface area contributed by atoms with E-state index in [4.69, 9.17) is 4.74 Å². The number of nitrogens with zero attached hydrogens (tertiary/aromatic N) is 1. The molecular weight excluding hydrogens is 234 g/mol. The van der Waals surface area contributed by atoms with Gasteiger partial charge < -0.3 is 9.47 Å². The molecule has 0 aliphatic rings. The van der Waals surface area contributed by atoms with Crippen molar-refractivity contribution in [1.29, 1.82) is 0 Å². The van der Waals surface area contributed by atoms with Crippen molar-refractivity contribution in [2.24, 2.45) is 5.92 Å². The summed E-state index contributed by atoms with van der Waals surface area (Å²) in [6.07, 6.45) is 2.18. The molecule has 0 bridgehead atoms. The summed E-state index contributed by atoms with van der Waals surface area (Å²) in [5.74, 6) is -0.844. The Kier molecular flexibility index (Phi) is 5.30. The number of esters is 1. The Morgan fingerprint density at radius 3 is 2.50 bits per heavy atom. The lowest BCUT2D eigenvalue weighted by atomic mass is 9.96. The average molecular weight is 251 g/mol. The van der Waals surface area contributed by atoms with Crippen LogP contribution in [0.15, 0.2) is 18.3 Å². The van der Waals surface area contributed by atoms with E-state index in [1.165, 1.54) is 14.2 Å². The second-order valence-electron chi connectivity index (χ2n) is 3.84. The summed E-state index contributed by atoms with van der Waals surface area (Å²) in [6, 6.07) is 3.44. The Morgan fingerprint density at radius 2 is 2.06 bits per heavy atom. The van der Waals surface area contributed by atoms with E-state index in [2.05, 4.69) is 9.72 Å². The Hall–Kier alpha value is -1.91. The number of hydrogen-bond donors (Lipinski definition) is 0. The molecule has 0 spiro atoms. The molecule has 1 aromatic rings. The van der Waals surface area contributed by atoms with E-state index in [1.54, 1.807) is 25.3 Å². The van der Waals surface area contributed by atoms with Crippen molar-refractivity contribution in [1.82, 2.24) is 4.98 Å². The van der Waals surface area contributed by atoms with Crippen LogP contribution in [-0.4, -0.2) is 31.0 Å². The van der Waals surface area contributed by atoms with Crippen LogP contribution in [0.1, 0.15) is 18.9 Å². The van der Waals surface area contributed by atoms with E-state index in [0.29, 0.717) is 12.3 Å². The first-order valence-corrected chi connectivity index (χ1v) is 5.71. The van der Waals surface area contributed by atoms with E-state index in [1.807, 2.05) is 0 Å². The number of ether oxygens (including phenoxy) is 2. The number of carbonyl (C=O) groups excluding carboxylic acids is 2. The molecule has 0 fully saturated rings. The van der Waals surface area contributed by atoms with Gasteiger partial charge in [0, 0.05) is 18.7 Å². The average Bonchev–Trinajstić information content (AvgIpc) is 2.40. The summed E-state index contributed by atoms with van der Waals surface area (Å²) < 4.78 is 9.53. The van der Waals surface area contributed by atoms with Gasteiger partial charge in [-0.25, -0.2) is 4.98 Å². The molecule has 0 saturated heterocycles. The number of rotatable bonds is 6. The maximum Gasteiger partial charge on any atom is 0.316 e. The lowest BCUT2D eigenvalue weighted by molar-refractivity contribution is -0.149. The van der Waals surface area contributed by atoms with Crippen LogP contribution in [0.5, 0.6) is 5.88 Å². The van der Waals surface area contributed by atoms with Gasteiger partial charge in [0.25, 0.3) is 0 Å². The quantitative estimate of drug-likeness (QED) is 0.565. The molecule has 1 aromatic heterocycles. The van der Waals surface area contributed by atoms with E-state index in [-0.39, 0.29) is 12.2 Å². The monoisotopic (exact) mass is 251 g/mol. The molecule has 0 aliphatic carbocycles. The van der Waals surface area contributed by atoms with Crippen LogP contribution in [0, 0.1) is 5.92 Å². The number of carbonyl (C=O) groups is 2. The summed E-state index contributed by atoms with van der Waals surface area (Å²) in [4.78, 5) is 27.3. The molecule has 0 aromatic carbocycles. The van der Waals surface area contributed by atoms with Gasteiger partial charge >= 0.3 is 5.97 Å². The van der Waals surface area contributed by atoms with Crippen molar-refractivity contribution in [2.75, 3.05) is 14.2 Å². The smallest absolute Gasteiger partial charge is 0.316 e. The Bertz CT molecular complexity index is 414. The normalized spacial score (nSPS) is 11.7. The molecule has 1 heterocycles. The van der Waals surface area contributed by atoms with E-state index < -0.39 is 11.9 Å². The van der Waals surface area contributed by atoms with Crippen molar-refractivity contribution in [3.8, 4) is 5.88 Å². The number of aromatic nitrogens is 1. The van der Waals surface area contributed by atoms with E-state index in [9.17, 15) is 9.59 Å². The van der Waals surface area contributed by atoms with Gasteiger partial charge in [0.2, 0.25) is 5.88 Å². The van der Waals surface area contributed by atoms with Gasteiger partial charge in [0.15, 0.2) is 5.78 Å². The summed E-state index contributed by atoms with van der Waals surface area (Å²) in [6.45, 7) is 1.78. The summed E-state index contributed by atoms with van der Waals surface area (Å²) in [5.41, 5.74) is 0.753. The second kappa shape index (κ2) is 6.74. The Morgan fingerprint density at radius 1 is 1.33 bits per heavy atom. The second-order valence-corrected chi connectivity index (χ2v) is 3.84. The molecule has 18 heavy (non-hydrogen) atoms. The Labute approximate surface area is 106 Å². The van der Waals surface area contributed by atoms with E-state index in [0.717, 1.165) is 5.56 Å². The molecule has 0 radical (unpaired) electrons. The fraction of sp³-hybridized carbons (Fsp3) is 0.462. The number of methoxy groups -OCH3 is 2. The van der Waals surface area contributed by atoms with Crippen LogP contribution < -0.4 is 4.74 Å². The minimum atomic E-state index is -0.697. The van der Waals surface area contributed by atoms with Gasteiger partial charge in [-0.2, -0.15) is 0 Å². The molecule has 1 unspecified atom stereocenters. The molecule has 98 valence electrons. The fourth-order valence-corrected chi connectivity index (χ4v) is 1.63. The number of ketones is 1.